The van der Waals surface area contributed by atoms with Crippen LogP contribution in [0, 0.1) is 12.8 Å². The third kappa shape index (κ3) is 4.06. The minimum atomic E-state index is -0.00416. The summed E-state index contributed by atoms with van der Waals surface area (Å²) in [5, 5.41) is 8.56. The Hall–Kier alpha value is -3.74. The van der Waals surface area contributed by atoms with Crippen molar-refractivity contribution in [1.29, 1.82) is 0 Å². The van der Waals surface area contributed by atoms with E-state index in [-0.39, 0.29) is 12.3 Å². The van der Waals surface area contributed by atoms with E-state index in [2.05, 4.69) is 56.6 Å². The fourth-order valence-electron chi connectivity index (χ4n) is 4.48. The Bertz CT molecular complexity index is 1280. The Morgan fingerprint density at radius 3 is 2.91 bits per heavy atom. The van der Waals surface area contributed by atoms with E-state index in [0.717, 1.165) is 40.9 Å². The lowest BCUT2D eigenvalue weighted by molar-refractivity contribution is -0.120. The Labute approximate surface area is 187 Å². The minimum Gasteiger partial charge on any atom is -0.374 e. The number of pyridine rings is 2. The molecule has 1 unspecified atom stereocenters. The molecule has 0 fully saturated rings. The molecule has 4 aromatic rings. The van der Waals surface area contributed by atoms with E-state index >= 15 is 0 Å². The first-order chi connectivity index (χ1) is 15.6. The lowest BCUT2D eigenvalue weighted by Gasteiger charge is -2.33. The maximum Gasteiger partial charge on any atom is 0.226 e. The number of anilines is 1. The highest BCUT2D eigenvalue weighted by Crippen LogP contribution is 2.28. The van der Waals surface area contributed by atoms with E-state index in [4.69, 9.17) is 0 Å². The van der Waals surface area contributed by atoms with Gasteiger partial charge in [-0.15, -0.1) is 0 Å². The second-order valence-corrected chi connectivity index (χ2v) is 8.51. The van der Waals surface area contributed by atoms with E-state index in [1.165, 1.54) is 11.3 Å². The van der Waals surface area contributed by atoms with Gasteiger partial charge in [0.25, 0.3) is 0 Å². The largest absolute Gasteiger partial charge is 0.374 e. The van der Waals surface area contributed by atoms with E-state index in [1.807, 2.05) is 36.0 Å². The molecule has 0 saturated carbocycles. The van der Waals surface area contributed by atoms with E-state index in [9.17, 15) is 4.79 Å². The van der Waals surface area contributed by atoms with Gasteiger partial charge in [0.15, 0.2) is 0 Å². The number of hydrogen-bond donors (Lipinski definition) is 1. The van der Waals surface area contributed by atoms with Crippen LogP contribution in [0.15, 0.2) is 61.1 Å². The predicted molar refractivity (Wildman–Crippen MR) is 125 cm³/mol. The summed E-state index contributed by atoms with van der Waals surface area (Å²) in [5.74, 6) is 0.395. The minimum absolute atomic E-state index is 0.00416. The normalized spacial score (nSPS) is 15.6. The summed E-state index contributed by atoms with van der Waals surface area (Å²) in [6.45, 7) is 3.56. The van der Waals surface area contributed by atoms with Crippen LogP contribution in [0.2, 0.25) is 0 Å². The first-order valence-corrected chi connectivity index (χ1v) is 10.9. The fraction of sp³-hybridized carbons (Fsp3) is 0.280. The highest BCUT2D eigenvalue weighted by Gasteiger charge is 2.22. The summed E-state index contributed by atoms with van der Waals surface area (Å²) < 4.78 is 1.85. The van der Waals surface area contributed by atoms with Gasteiger partial charge in [-0.1, -0.05) is 18.2 Å². The van der Waals surface area contributed by atoms with Crippen molar-refractivity contribution in [2.24, 2.45) is 5.92 Å². The van der Waals surface area contributed by atoms with Gasteiger partial charge in [0.1, 0.15) is 0 Å². The average Bonchev–Trinajstić information content (AvgIpc) is 3.21. The molecule has 1 aliphatic rings. The van der Waals surface area contributed by atoms with Gasteiger partial charge in [-0.2, -0.15) is 5.10 Å². The number of amides is 1. The molecule has 0 spiro atoms. The van der Waals surface area contributed by atoms with Crippen LogP contribution in [0.4, 0.5) is 5.69 Å². The van der Waals surface area contributed by atoms with Crippen molar-refractivity contribution < 1.29 is 4.79 Å². The average molecular weight is 427 g/mol. The van der Waals surface area contributed by atoms with E-state index < -0.39 is 0 Å². The molecule has 162 valence electrons. The second kappa shape index (κ2) is 8.42. The van der Waals surface area contributed by atoms with Gasteiger partial charge in [-0.05, 0) is 49.1 Å². The number of carbonyl (C=O) groups is 1. The van der Waals surface area contributed by atoms with E-state index in [1.54, 1.807) is 12.4 Å². The van der Waals surface area contributed by atoms with Crippen LogP contribution in [-0.4, -0.2) is 45.8 Å². The van der Waals surface area contributed by atoms with Crippen LogP contribution in [0.3, 0.4) is 0 Å². The molecule has 0 saturated heterocycles. The summed E-state index contributed by atoms with van der Waals surface area (Å²) in [6, 6.07) is 14.3. The van der Waals surface area contributed by atoms with Crippen LogP contribution in [0.5, 0.6) is 0 Å². The number of rotatable bonds is 5. The molecule has 0 radical (unpaired) electrons. The Balaban J connectivity index is 1.23. The molecule has 7 heteroatoms. The highest BCUT2D eigenvalue weighted by atomic mass is 16.1. The van der Waals surface area contributed by atoms with Crippen LogP contribution < -0.4 is 10.2 Å². The van der Waals surface area contributed by atoms with Gasteiger partial charge >= 0.3 is 0 Å². The van der Waals surface area contributed by atoms with Gasteiger partial charge < -0.3 is 10.2 Å². The molecule has 0 aliphatic carbocycles. The smallest absolute Gasteiger partial charge is 0.226 e. The molecular weight excluding hydrogens is 400 g/mol. The SMILES string of the molecule is Cc1cc(-n2ncc3cc(CC(=O)NCC4Cc5ccccc5N(C)C4)ncc32)ccn1. The maximum absolute atomic E-state index is 12.6. The predicted octanol–water partition coefficient (Wildman–Crippen LogP) is 3.09. The van der Waals surface area contributed by atoms with Crippen LogP contribution in [0.25, 0.3) is 16.6 Å². The Kier molecular flexibility index (Phi) is 5.31. The number of nitrogens with zero attached hydrogens (tertiary/aromatic N) is 5. The third-order valence-corrected chi connectivity index (χ3v) is 6.01. The number of aromatic nitrogens is 4. The van der Waals surface area contributed by atoms with Gasteiger partial charge in [0.2, 0.25) is 5.91 Å². The summed E-state index contributed by atoms with van der Waals surface area (Å²) in [4.78, 5) is 23.6. The number of nitrogens with one attached hydrogen (secondary N) is 1. The number of benzene rings is 1. The number of hydrogen-bond acceptors (Lipinski definition) is 5. The summed E-state index contributed by atoms with van der Waals surface area (Å²) in [7, 11) is 2.11. The molecule has 1 aliphatic heterocycles. The molecule has 4 heterocycles. The molecule has 1 amide bonds. The van der Waals surface area contributed by atoms with E-state index in [0.29, 0.717) is 12.5 Å². The second-order valence-electron chi connectivity index (χ2n) is 8.51. The van der Waals surface area contributed by atoms with Crippen molar-refractivity contribution in [3.63, 3.8) is 0 Å². The van der Waals surface area contributed by atoms with Crippen molar-refractivity contribution in [1.82, 2.24) is 25.1 Å². The van der Waals surface area contributed by atoms with Crippen molar-refractivity contribution in [2.45, 2.75) is 19.8 Å². The maximum atomic E-state index is 12.6. The fourth-order valence-corrected chi connectivity index (χ4v) is 4.48. The third-order valence-electron chi connectivity index (χ3n) is 6.01. The first kappa shape index (κ1) is 20.2. The number of para-hydroxylation sites is 1. The lowest BCUT2D eigenvalue weighted by atomic mass is 9.93. The number of fused-ring (bicyclic) bond motifs is 2. The number of aryl methyl sites for hydroxylation is 1. The Morgan fingerprint density at radius 2 is 2.03 bits per heavy atom. The molecule has 7 nitrogen and oxygen atoms in total. The summed E-state index contributed by atoms with van der Waals surface area (Å²) in [6.07, 6.45) is 6.61. The molecule has 3 aromatic heterocycles. The highest BCUT2D eigenvalue weighted by molar-refractivity contribution is 5.82. The lowest BCUT2D eigenvalue weighted by Crippen LogP contribution is -2.40. The van der Waals surface area contributed by atoms with Gasteiger partial charge in [-0.25, -0.2) is 4.68 Å². The molecular formula is C25H26N6O. The Morgan fingerprint density at radius 1 is 1.16 bits per heavy atom. The number of carbonyl (C=O) groups excluding carboxylic acids is 1. The van der Waals surface area contributed by atoms with Crippen LogP contribution >= 0.6 is 0 Å². The van der Waals surface area contributed by atoms with Gasteiger partial charge in [-0.3, -0.25) is 14.8 Å². The molecule has 32 heavy (non-hydrogen) atoms. The zero-order valence-corrected chi connectivity index (χ0v) is 18.3. The van der Waals surface area contributed by atoms with Crippen molar-refractivity contribution in [3.8, 4) is 5.69 Å². The van der Waals surface area contributed by atoms with Crippen molar-refractivity contribution in [3.05, 3.63) is 78.0 Å². The molecule has 5 rings (SSSR count). The van der Waals surface area contributed by atoms with Gasteiger partial charge in [0, 0.05) is 43.1 Å². The molecule has 1 atom stereocenters. The standard InChI is InChI=1S/C25H26N6O/c1-17-9-22(7-8-26-17)31-24-15-27-21(11-20(24)14-29-31)12-25(32)28-13-18-10-19-5-3-4-6-23(19)30(2)16-18/h3-9,11,14-15,18H,10,12-13,16H2,1-2H3,(H,28,32). The zero-order chi connectivity index (χ0) is 22.1. The first-order valence-electron chi connectivity index (χ1n) is 10.9. The molecule has 1 N–H and O–H groups in total. The van der Waals surface area contributed by atoms with Gasteiger partial charge in [0.05, 0.1) is 35.7 Å². The van der Waals surface area contributed by atoms with Crippen LogP contribution in [-0.2, 0) is 17.6 Å². The topological polar surface area (TPSA) is 75.9 Å². The molecule has 0 bridgehead atoms. The zero-order valence-electron chi connectivity index (χ0n) is 18.3. The monoisotopic (exact) mass is 426 g/mol. The molecule has 1 aromatic carbocycles. The quantitative estimate of drug-likeness (QED) is 0.531. The summed E-state index contributed by atoms with van der Waals surface area (Å²) >= 11 is 0. The van der Waals surface area contributed by atoms with Crippen molar-refractivity contribution in [2.75, 3.05) is 25.0 Å². The van der Waals surface area contributed by atoms with Crippen molar-refractivity contribution >= 4 is 22.5 Å². The van der Waals surface area contributed by atoms with Crippen LogP contribution in [0.1, 0.15) is 17.0 Å². The summed E-state index contributed by atoms with van der Waals surface area (Å²) in [5.41, 5.74) is 6.15.